The van der Waals surface area contributed by atoms with E-state index in [2.05, 4.69) is 19.9 Å². The third-order valence-electron chi connectivity index (χ3n) is 3.24. The van der Waals surface area contributed by atoms with Crippen molar-refractivity contribution in [2.45, 2.75) is 19.0 Å². The number of nitrogens with zero attached hydrogens (tertiary/aromatic N) is 5. The minimum Gasteiger partial charge on any atom is -0.396 e. The van der Waals surface area contributed by atoms with Crippen molar-refractivity contribution in [3.05, 3.63) is 5.82 Å². The molecule has 1 aromatic heterocycles. The Bertz CT molecular complexity index is 442. The van der Waals surface area contributed by atoms with Gasteiger partial charge >= 0.3 is 0 Å². The molecule has 1 saturated heterocycles. The molecule has 0 aliphatic carbocycles. The number of nitrogens with two attached hydrogens (primary N) is 1. The monoisotopic (exact) mass is 298 g/mol. The molecular formula is C12H22N6OS. The Kier molecular flexibility index (Phi) is 5.38. The van der Waals surface area contributed by atoms with Gasteiger partial charge in [0.25, 0.3) is 0 Å². The number of anilines is 2. The molecule has 2 rings (SSSR count). The largest absolute Gasteiger partial charge is 0.396 e. The number of nitrogen functional groups attached to an aromatic ring is 1. The van der Waals surface area contributed by atoms with Gasteiger partial charge in [-0.15, -0.1) is 0 Å². The first-order valence-electron chi connectivity index (χ1n) is 6.70. The Morgan fingerprint density at radius 1 is 1.40 bits per heavy atom. The van der Waals surface area contributed by atoms with E-state index in [1.807, 2.05) is 30.8 Å². The lowest BCUT2D eigenvalue weighted by Crippen LogP contribution is -2.42. The first-order valence-corrected chi connectivity index (χ1v) is 7.86. The van der Waals surface area contributed by atoms with E-state index >= 15 is 0 Å². The minimum absolute atomic E-state index is 0.212. The van der Waals surface area contributed by atoms with Gasteiger partial charge in [-0.05, 0) is 6.42 Å². The maximum atomic E-state index is 9.16. The Labute approximate surface area is 123 Å². The Morgan fingerprint density at radius 3 is 2.90 bits per heavy atom. The Morgan fingerprint density at radius 2 is 2.20 bits per heavy atom. The van der Waals surface area contributed by atoms with E-state index in [1.165, 1.54) is 0 Å². The van der Waals surface area contributed by atoms with Crippen LogP contribution in [-0.4, -0.2) is 69.8 Å². The number of rotatable bonds is 5. The second-order valence-electron chi connectivity index (χ2n) is 5.02. The molecule has 112 valence electrons. The molecule has 7 nitrogen and oxygen atoms in total. The van der Waals surface area contributed by atoms with Gasteiger partial charge in [0.15, 0.2) is 0 Å². The molecule has 0 radical (unpaired) electrons. The first kappa shape index (κ1) is 15.3. The van der Waals surface area contributed by atoms with Crippen LogP contribution in [0.1, 0.15) is 12.2 Å². The molecule has 1 aliphatic heterocycles. The van der Waals surface area contributed by atoms with Crippen LogP contribution in [-0.2, 0) is 6.54 Å². The summed E-state index contributed by atoms with van der Waals surface area (Å²) in [6.07, 6.45) is 0.786. The fraction of sp³-hybridized carbons (Fsp3) is 0.750. The van der Waals surface area contributed by atoms with Crippen molar-refractivity contribution in [2.24, 2.45) is 0 Å². The van der Waals surface area contributed by atoms with E-state index in [0.29, 0.717) is 24.4 Å². The quantitative estimate of drug-likeness (QED) is 0.773. The molecule has 0 saturated carbocycles. The standard InChI is InChI=1S/C12H22N6OS/c1-17(2)12-15-10(14-11(13)16-12)7-18-4-6-20-8-9(18)3-5-19/h9,19H,3-8H2,1-2H3,(H2,13,14,15,16). The van der Waals surface area contributed by atoms with Crippen molar-refractivity contribution >= 4 is 23.7 Å². The maximum absolute atomic E-state index is 9.16. The molecule has 8 heteroatoms. The summed E-state index contributed by atoms with van der Waals surface area (Å²) in [6, 6.07) is 0.375. The van der Waals surface area contributed by atoms with Crippen molar-refractivity contribution in [3.63, 3.8) is 0 Å². The van der Waals surface area contributed by atoms with E-state index in [4.69, 9.17) is 10.8 Å². The molecule has 2 heterocycles. The molecule has 1 aliphatic rings. The minimum atomic E-state index is 0.212. The zero-order valence-corrected chi connectivity index (χ0v) is 12.8. The van der Waals surface area contributed by atoms with Gasteiger partial charge in [0, 0.05) is 44.8 Å². The second kappa shape index (κ2) is 7.05. The van der Waals surface area contributed by atoms with Gasteiger partial charge < -0.3 is 15.7 Å². The highest BCUT2D eigenvalue weighted by atomic mass is 32.2. The molecule has 0 aromatic carbocycles. The third kappa shape index (κ3) is 3.94. The lowest BCUT2D eigenvalue weighted by Gasteiger charge is -2.34. The normalized spacial score (nSPS) is 20.1. The SMILES string of the molecule is CN(C)c1nc(N)nc(CN2CCSCC2CCO)n1. The number of aliphatic hydroxyl groups is 1. The van der Waals surface area contributed by atoms with Crippen LogP contribution >= 0.6 is 11.8 Å². The predicted octanol–water partition coefficient (Wildman–Crippen LogP) is -0.180. The average Bonchev–Trinajstić information content (AvgIpc) is 2.40. The van der Waals surface area contributed by atoms with E-state index in [1.54, 1.807) is 0 Å². The summed E-state index contributed by atoms with van der Waals surface area (Å²) < 4.78 is 0. The smallest absolute Gasteiger partial charge is 0.229 e. The van der Waals surface area contributed by atoms with Crippen LogP contribution in [0.25, 0.3) is 0 Å². The summed E-state index contributed by atoms with van der Waals surface area (Å²) in [7, 11) is 3.76. The molecule has 3 N–H and O–H groups in total. The third-order valence-corrected chi connectivity index (χ3v) is 4.34. The molecule has 0 amide bonds. The summed E-state index contributed by atoms with van der Waals surface area (Å²) in [5.74, 6) is 3.67. The van der Waals surface area contributed by atoms with Crippen molar-refractivity contribution < 1.29 is 5.11 Å². The number of thioether (sulfide) groups is 1. The van der Waals surface area contributed by atoms with Crippen LogP contribution in [0.3, 0.4) is 0 Å². The van der Waals surface area contributed by atoms with Gasteiger partial charge in [0.1, 0.15) is 5.82 Å². The highest BCUT2D eigenvalue weighted by molar-refractivity contribution is 7.99. The summed E-state index contributed by atoms with van der Waals surface area (Å²) in [5, 5.41) is 9.16. The lowest BCUT2D eigenvalue weighted by molar-refractivity contribution is 0.164. The van der Waals surface area contributed by atoms with Gasteiger partial charge in [-0.1, -0.05) is 0 Å². The van der Waals surface area contributed by atoms with E-state index < -0.39 is 0 Å². The van der Waals surface area contributed by atoms with Gasteiger partial charge in [0.05, 0.1) is 6.54 Å². The van der Waals surface area contributed by atoms with Crippen molar-refractivity contribution in [1.82, 2.24) is 19.9 Å². The Balaban J connectivity index is 2.11. The van der Waals surface area contributed by atoms with Crippen LogP contribution in [0.4, 0.5) is 11.9 Å². The van der Waals surface area contributed by atoms with Crippen molar-refractivity contribution in [2.75, 3.05) is 49.4 Å². The Hall–Kier alpha value is -1.12. The zero-order chi connectivity index (χ0) is 14.5. The van der Waals surface area contributed by atoms with Crippen LogP contribution < -0.4 is 10.6 Å². The molecule has 1 atom stereocenters. The van der Waals surface area contributed by atoms with Gasteiger partial charge in [-0.2, -0.15) is 26.7 Å². The number of hydrogen-bond donors (Lipinski definition) is 2. The zero-order valence-electron chi connectivity index (χ0n) is 12.0. The van der Waals surface area contributed by atoms with E-state index in [-0.39, 0.29) is 12.6 Å². The fourth-order valence-electron chi connectivity index (χ4n) is 2.19. The van der Waals surface area contributed by atoms with Crippen LogP contribution in [0.15, 0.2) is 0 Å². The first-order chi connectivity index (χ1) is 9.60. The van der Waals surface area contributed by atoms with Crippen LogP contribution in [0.2, 0.25) is 0 Å². The average molecular weight is 298 g/mol. The highest BCUT2D eigenvalue weighted by Crippen LogP contribution is 2.20. The van der Waals surface area contributed by atoms with Gasteiger partial charge in [-0.25, -0.2) is 0 Å². The van der Waals surface area contributed by atoms with Gasteiger partial charge in [0.2, 0.25) is 11.9 Å². The number of aromatic nitrogens is 3. The summed E-state index contributed by atoms with van der Waals surface area (Å²) in [4.78, 5) is 16.9. The molecule has 1 unspecified atom stereocenters. The molecule has 0 bridgehead atoms. The predicted molar refractivity (Wildman–Crippen MR) is 81.8 cm³/mol. The number of hydrogen-bond acceptors (Lipinski definition) is 8. The topological polar surface area (TPSA) is 91.4 Å². The lowest BCUT2D eigenvalue weighted by atomic mass is 10.2. The van der Waals surface area contributed by atoms with Crippen LogP contribution in [0, 0.1) is 0 Å². The molecular weight excluding hydrogens is 276 g/mol. The molecule has 0 spiro atoms. The van der Waals surface area contributed by atoms with Gasteiger partial charge in [-0.3, -0.25) is 4.90 Å². The maximum Gasteiger partial charge on any atom is 0.229 e. The second-order valence-corrected chi connectivity index (χ2v) is 6.17. The molecule has 20 heavy (non-hydrogen) atoms. The van der Waals surface area contributed by atoms with E-state index in [9.17, 15) is 0 Å². The fourth-order valence-corrected chi connectivity index (χ4v) is 3.37. The van der Waals surface area contributed by atoms with Crippen molar-refractivity contribution in [1.29, 1.82) is 0 Å². The summed E-state index contributed by atoms with van der Waals surface area (Å²) >= 11 is 1.93. The number of aliphatic hydroxyl groups excluding tert-OH is 1. The highest BCUT2D eigenvalue weighted by Gasteiger charge is 2.23. The van der Waals surface area contributed by atoms with E-state index in [0.717, 1.165) is 24.5 Å². The van der Waals surface area contributed by atoms with Crippen LogP contribution in [0.5, 0.6) is 0 Å². The summed E-state index contributed by atoms with van der Waals surface area (Å²) in [5.41, 5.74) is 5.74. The molecule has 1 fully saturated rings. The summed E-state index contributed by atoms with van der Waals surface area (Å²) in [6.45, 7) is 1.85. The molecule has 1 aromatic rings. The van der Waals surface area contributed by atoms with Crippen molar-refractivity contribution in [3.8, 4) is 0 Å².